The van der Waals surface area contributed by atoms with Gasteiger partial charge >= 0.3 is 6.09 Å². The van der Waals surface area contributed by atoms with Crippen LogP contribution in [0, 0.1) is 6.92 Å². The molecule has 8 nitrogen and oxygen atoms in total. The number of rotatable bonds is 6. The van der Waals surface area contributed by atoms with Crippen molar-refractivity contribution in [2.45, 2.75) is 39.3 Å². The zero-order chi connectivity index (χ0) is 20.6. The molecule has 2 aromatic rings. The number of nitrogens with one attached hydrogen (secondary N) is 2. The molecule has 1 aromatic heterocycles. The van der Waals surface area contributed by atoms with E-state index in [0.29, 0.717) is 56.4 Å². The van der Waals surface area contributed by atoms with Crippen LogP contribution in [0.2, 0.25) is 0 Å². The van der Waals surface area contributed by atoms with E-state index < -0.39 is 0 Å². The summed E-state index contributed by atoms with van der Waals surface area (Å²) in [6.45, 7) is 5.67. The number of likely N-dealkylation sites (tertiary alicyclic amines) is 1. The summed E-state index contributed by atoms with van der Waals surface area (Å²) in [5.74, 6) is 0.918. The quantitative estimate of drug-likeness (QED) is 0.778. The molecule has 0 saturated carbocycles. The lowest BCUT2D eigenvalue weighted by atomic mass is 10.1. The molecule has 0 aliphatic carbocycles. The van der Waals surface area contributed by atoms with Gasteiger partial charge in [0.2, 0.25) is 0 Å². The summed E-state index contributed by atoms with van der Waals surface area (Å²) >= 11 is 0. The fourth-order valence-electron chi connectivity index (χ4n) is 3.24. The zero-order valence-corrected chi connectivity index (χ0v) is 16.9. The van der Waals surface area contributed by atoms with Gasteiger partial charge in [0.15, 0.2) is 0 Å². The number of amides is 2. The van der Waals surface area contributed by atoms with Crippen molar-refractivity contribution in [1.29, 1.82) is 0 Å². The van der Waals surface area contributed by atoms with E-state index in [0.717, 1.165) is 5.56 Å². The molecule has 1 fully saturated rings. The van der Waals surface area contributed by atoms with Crippen LogP contribution in [-0.2, 0) is 11.3 Å². The molecule has 1 saturated heterocycles. The minimum absolute atomic E-state index is 0.00387. The molecule has 2 heterocycles. The molecular formula is C21H27N5O3. The van der Waals surface area contributed by atoms with Crippen LogP contribution in [0.5, 0.6) is 0 Å². The van der Waals surface area contributed by atoms with Gasteiger partial charge in [0.1, 0.15) is 17.3 Å². The number of anilines is 1. The van der Waals surface area contributed by atoms with Gasteiger partial charge in [-0.2, -0.15) is 0 Å². The van der Waals surface area contributed by atoms with Crippen LogP contribution in [-0.4, -0.2) is 52.6 Å². The van der Waals surface area contributed by atoms with Crippen molar-refractivity contribution in [1.82, 2.24) is 20.2 Å². The van der Waals surface area contributed by atoms with Gasteiger partial charge in [0, 0.05) is 31.7 Å². The fourth-order valence-corrected chi connectivity index (χ4v) is 3.24. The number of carbonyl (C=O) groups is 2. The van der Waals surface area contributed by atoms with Crippen LogP contribution < -0.4 is 10.6 Å². The Kier molecular flexibility index (Phi) is 6.99. The minimum Gasteiger partial charge on any atom is -0.450 e. The first-order chi connectivity index (χ1) is 14.0. The third kappa shape index (κ3) is 5.91. The highest BCUT2D eigenvalue weighted by Crippen LogP contribution is 2.14. The standard InChI is InChI=1S/C21H27N5O3/c1-3-29-21(28)26-11-9-17(10-12-26)25-20(27)18-13-19(24-15(2)23-18)22-14-16-7-5-4-6-8-16/h4-8,13,17H,3,9-12,14H2,1-2H3,(H,25,27)(H,22,23,24). The maximum absolute atomic E-state index is 12.7. The highest BCUT2D eigenvalue weighted by molar-refractivity contribution is 5.93. The molecular weight excluding hydrogens is 370 g/mol. The summed E-state index contributed by atoms with van der Waals surface area (Å²) in [5.41, 5.74) is 1.46. The van der Waals surface area contributed by atoms with Gasteiger partial charge < -0.3 is 20.3 Å². The highest BCUT2D eigenvalue weighted by atomic mass is 16.6. The van der Waals surface area contributed by atoms with Crippen molar-refractivity contribution in [3.63, 3.8) is 0 Å². The Morgan fingerprint density at radius 2 is 1.90 bits per heavy atom. The third-order valence-corrected chi connectivity index (χ3v) is 4.74. The number of benzene rings is 1. The third-order valence-electron chi connectivity index (χ3n) is 4.74. The van der Waals surface area contributed by atoms with Crippen molar-refractivity contribution in [2.75, 3.05) is 25.0 Å². The van der Waals surface area contributed by atoms with E-state index in [9.17, 15) is 9.59 Å². The Labute approximate surface area is 170 Å². The lowest BCUT2D eigenvalue weighted by Crippen LogP contribution is -2.46. The van der Waals surface area contributed by atoms with E-state index in [1.165, 1.54) is 0 Å². The summed E-state index contributed by atoms with van der Waals surface area (Å²) in [7, 11) is 0. The zero-order valence-electron chi connectivity index (χ0n) is 16.9. The lowest BCUT2D eigenvalue weighted by molar-refractivity contribution is 0.0856. The average Bonchev–Trinajstić information content (AvgIpc) is 2.73. The SMILES string of the molecule is CCOC(=O)N1CCC(NC(=O)c2cc(NCc3ccccc3)nc(C)n2)CC1. The van der Waals surface area contributed by atoms with Crippen molar-refractivity contribution in [3.8, 4) is 0 Å². The summed E-state index contributed by atoms with van der Waals surface area (Å²) in [6.07, 6.45) is 1.08. The molecule has 3 rings (SSSR count). The molecule has 1 aliphatic heterocycles. The van der Waals surface area contributed by atoms with Gasteiger partial charge in [-0.25, -0.2) is 14.8 Å². The van der Waals surface area contributed by atoms with Gasteiger partial charge in [-0.3, -0.25) is 4.79 Å². The maximum Gasteiger partial charge on any atom is 0.409 e. The van der Waals surface area contributed by atoms with Gasteiger partial charge in [-0.15, -0.1) is 0 Å². The first-order valence-corrected chi connectivity index (χ1v) is 9.91. The van der Waals surface area contributed by atoms with E-state index in [-0.39, 0.29) is 18.0 Å². The van der Waals surface area contributed by atoms with Crippen molar-refractivity contribution >= 4 is 17.8 Å². The van der Waals surface area contributed by atoms with E-state index in [1.807, 2.05) is 30.3 Å². The predicted molar refractivity (Wildman–Crippen MR) is 110 cm³/mol. The van der Waals surface area contributed by atoms with Crippen LogP contribution in [0.3, 0.4) is 0 Å². The number of aromatic nitrogens is 2. The summed E-state index contributed by atoms with van der Waals surface area (Å²) in [6, 6.07) is 11.7. The van der Waals surface area contributed by atoms with Crippen LogP contribution >= 0.6 is 0 Å². The van der Waals surface area contributed by atoms with Crippen molar-refractivity contribution in [2.24, 2.45) is 0 Å². The van der Waals surface area contributed by atoms with Crippen LogP contribution in [0.1, 0.15) is 41.6 Å². The monoisotopic (exact) mass is 397 g/mol. The predicted octanol–water partition coefficient (Wildman–Crippen LogP) is 2.75. The molecule has 0 radical (unpaired) electrons. The van der Waals surface area contributed by atoms with Gasteiger partial charge in [-0.05, 0) is 32.3 Å². The Morgan fingerprint density at radius 1 is 1.17 bits per heavy atom. The van der Waals surface area contributed by atoms with Gasteiger partial charge in [0.25, 0.3) is 5.91 Å². The number of hydrogen-bond acceptors (Lipinski definition) is 6. The molecule has 2 amide bonds. The molecule has 0 bridgehead atoms. The van der Waals surface area contributed by atoms with Crippen LogP contribution in [0.4, 0.5) is 10.6 Å². The Morgan fingerprint density at radius 3 is 2.59 bits per heavy atom. The first kappa shape index (κ1) is 20.6. The molecule has 8 heteroatoms. The molecule has 1 aromatic carbocycles. The molecule has 0 unspecified atom stereocenters. The van der Waals surface area contributed by atoms with E-state index >= 15 is 0 Å². The van der Waals surface area contributed by atoms with Crippen molar-refractivity contribution < 1.29 is 14.3 Å². The number of aryl methyl sites for hydroxylation is 1. The Balaban J connectivity index is 1.55. The second-order valence-corrected chi connectivity index (χ2v) is 6.96. The second-order valence-electron chi connectivity index (χ2n) is 6.96. The largest absolute Gasteiger partial charge is 0.450 e. The van der Waals surface area contributed by atoms with Crippen LogP contribution in [0.25, 0.3) is 0 Å². The summed E-state index contributed by atoms with van der Waals surface area (Å²) < 4.78 is 5.02. The number of ether oxygens (including phenoxy) is 1. The molecule has 0 spiro atoms. The topological polar surface area (TPSA) is 96.5 Å². The molecule has 154 valence electrons. The molecule has 0 atom stereocenters. The van der Waals surface area contributed by atoms with Gasteiger partial charge in [-0.1, -0.05) is 30.3 Å². The Hall–Kier alpha value is -3.16. The van der Waals surface area contributed by atoms with E-state index in [2.05, 4.69) is 20.6 Å². The molecule has 2 N–H and O–H groups in total. The Bertz CT molecular complexity index is 835. The van der Waals surface area contributed by atoms with Gasteiger partial charge in [0.05, 0.1) is 6.61 Å². The summed E-state index contributed by atoms with van der Waals surface area (Å²) in [4.78, 5) is 34.8. The normalized spacial score (nSPS) is 14.3. The van der Waals surface area contributed by atoms with E-state index in [1.54, 1.807) is 24.8 Å². The number of piperidine rings is 1. The minimum atomic E-state index is -0.294. The first-order valence-electron chi connectivity index (χ1n) is 9.91. The summed E-state index contributed by atoms with van der Waals surface area (Å²) in [5, 5.41) is 6.26. The molecule has 1 aliphatic rings. The fraction of sp³-hybridized carbons (Fsp3) is 0.429. The number of carbonyl (C=O) groups excluding carboxylic acids is 2. The van der Waals surface area contributed by atoms with Crippen LogP contribution in [0.15, 0.2) is 36.4 Å². The second kappa shape index (κ2) is 9.86. The smallest absolute Gasteiger partial charge is 0.409 e. The average molecular weight is 397 g/mol. The van der Waals surface area contributed by atoms with Crippen molar-refractivity contribution in [3.05, 3.63) is 53.5 Å². The molecule has 29 heavy (non-hydrogen) atoms. The maximum atomic E-state index is 12.7. The highest BCUT2D eigenvalue weighted by Gasteiger charge is 2.25. The number of hydrogen-bond donors (Lipinski definition) is 2. The number of nitrogens with zero attached hydrogens (tertiary/aromatic N) is 3. The van der Waals surface area contributed by atoms with E-state index in [4.69, 9.17) is 4.74 Å². The lowest BCUT2D eigenvalue weighted by Gasteiger charge is -2.31.